The van der Waals surface area contributed by atoms with Gasteiger partial charge in [0, 0.05) is 31.4 Å². The summed E-state index contributed by atoms with van der Waals surface area (Å²) in [5.41, 5.74) is 1.94. The highest BCUT2D eigenvalue weighted by Gasteiger charge is 2.29. The van der Waals surface area contributed by atoms with Crippen molar-refractivity contribution in [2.45, 2.75) is 44.6 Å². The summed E-state index contributed by atoms with van der Waals surface area (Å²) >= 11 is 0. The van der Waals surface area contributed by atoms with Gasteiger partial charge in [0.05, 0.1) is 6.04 Å². The molecule has 2 aliphatic heterocycles. The van der Waals surface area contributed by atoms with Gasteiger partial charge in [-0.3, -0.25) is 4.79 Å². The molecule has 3 heterocycles. The normalized spacial score (nSPS) is 20.8. The zero-order valence-electron chi connectivity index (χ0n) is 15.3. The molecule has 1 atom stereocenters. The van der Waals surface area contributed by atoms with Crippen LogP contribution in [0, 0.1) is 0 Å². The Morgan fingerprint density at radius 3 is 2.38 bits per heavy atom. The minimum atomic E-state index is 0.135. The van der Waals surface area contributed by atoms with Crippen LogP contribution < -0.4 is 4.90 Å². The van der Waals surface area contributed by atoms with E-state index in [1.807, 2.05) is 41.4 Å². The Morgan fingerprint density at radius 1 is 0.885 bits per heavy atom. The van der Waals surface area contributed by atoms with Gasteiger partial charge in [-0.25, -0.2) is 4.98 Å². The van der Waals surface area contributed by atoms with Gasteiger partial charge in [0.1, 0.15) is 5.82 Å². The number of aromatic nitrogens is 1. The smallest absolute Gasteiger partial charge is 0.254 e. The van der Waals surface area contributed by atoms with Crippen molar-refractivity contribution in [2.24, 2.45) is 0 Å². The molecule has 4 nitrogen and oxygen atoms in total. The first-order chi connectivity index (χ1) is 12.8. The Kier molecular flexibility index (Phi) is 5.19. The predicted molar refractivity (Wildman–Crippen MR) is 104 cm³/mol. The number of nitrogens with zero attached hydrogens (tertiary/aromatic N) is 3. The van der Waals surface area contributed by atoms with Gasteiger partial charge in [-0.05, 0) is 62.3 Å². The highest BCUT2D eigenvalue weighted by molar-refractivity contribution is 5.94. The van der Waals surface area contributed by atoms with Crippen LogP contribution in [0.4, 0.5) is 5.82 Å². The molecule has 1 amide bonds. The second-order valence-electron chi connectivity index (χ2n) is 7.37. The molecule has 0 N–H and O–H groups in total. The molecule has 1 aromatic carbocycles. The van der Waals surface area contributed by atoms with Crippen LogP contribution >= 0.6 is 0 Å². The number of pyridine rings is 1. The van der Waals surface area contributed by atoms with E-state index >= 15 is 0 Å². The summed E-state index contributed by atoms with van der Waals surface area (Å²) in [5, 5.41) is 0. The van der Waals surface area contributed by atoms with Gasteiger partial charge in [-0.2, -0.15) is 0 Å². The van der Waals surface area contributed by atoms with Crippen LogP contribution in [0.15, 0.2) is 48.7 Å². The van der Waals surface area contributed by atoms with Gasteiger partial charge in [0.2, 0.25) is 0 Å². The molecule has 2 aliphatic rings. The van der Waals surface area contributed by atoms with Crippen molar-refractivity contribution in [2.75, 3.05) is 24.5 Å². The van der Waals surface area contributed by atoms with Crippen LogP contribution in [-0.2, 0) is 0 Å². The number of amides is 1. The third-order valence-electron chi connectivity index (χ3n) is 5.62. The van der Waals surface area contributed by atoms with E-state index in [9.17, 15) is 4.79 Å². The second kappa shape index (κ2) is 7.90. The molecular formula is C22H27N3O. The van der Waals surface area contributed by atoms with Crippen molar-refractivity contribution in [3.8, 4) is 0 Å². The van der Waals surface area contributed by atoms with E-state index in [-0.39, 0.29) is 11.9 Å². The fraction of sp³-hybridized carbons (Fsp3) is 0.455. The van der Waals surface area contributed by atoms with Gasteiger partial charge in [0.25, 0.3) is 5.91 Å². The first kappa shape index (κ1) is 17.1. The molecule has 2 aromatic rings. The molecule has 0 saturated carbocycles. The Hall–Kier alpha value is -2.36. The fourth-order valence-corrected chi connectivity index (χ4v) is 4.17. The zero-order chi connectivity index (χ0) is 17.8. The maximum atomic E-state index is 13.0. The first-order valence-electron chi connectivity index (χ1n) is 9.90. The predicted octanol–water partition coefficient (Wildman–Crippen LogP) is 4.44. The Balaban J connectivity index is 1.53. The average Bonchev–Trinajstić information content (AvgIpc) is 2.75. The molecule has 4 rings (SSSR count). The highest BCUT2D eigenvalue weighted by Crippen LogP contribution is 2.32. The number of hydrogen-bond donors (Lipinski definition) is 0. The molecule has 0 spiro atoms. The van der Waals surface area contributed by atoms with Gasteiger partial charge in [0.15, 0.2) is 0 Å². The Morgan fingerprint density at radius 2 is 1.65 bits per heavy atom. The number of anilines is 1. The highest BCUT2D eigenvalue weighted by atomic mass is 16.2. The molecule has 2 fully saturated rings. The topological polar surface area (TPSA) is 36.4 Å². The van der Waals surface area contributed by atoms with Gasteiger partial charge in [-0.1, -0.05) is 24.3 Å². The van der Waals surface area contributed by atoms with E-state index in [1.165, 1.54) is 19.3 Å². The lowest BCUT2D eigenvalue weighted by molar-refractivity contribution is 0.0611. The van der Waals surface area contributed by atoms with E-state index < -0.39 is 0 Å². The molecule has 0 aliphatic carbocycles. The van der Waals surface area contributed by atoms with Crippen molar-refractivity contribution < 1.29 is 4.79 Å². The van der Waals surface area contributed by atoms with Crippen LogP contribution in [0.1, 0.15) is 60.5 Å². The van der Waals surface area contributed by atoms with Crippen LogP contribution in [-0.4, -0.2) is 35.4 Å². The monoisotopic (exact) mass is 349 g/mol. The summed E-state index contributed by atoms with van der Waals surface area (Å²) in [4.78, 5) is 22.1. The summed E-state index contributed by atoms with van der Waals surface area (Å²) in [6, 6.07) is 14.1. The lowest BCUT2D eigenvalue weighted by Gasteiger charge is -2.36. The number of rotatable bonds is 3. The summed E-state index contributed by atoms with van der Waals surface area (Å²) in [6.45, 7) is 3.04. The minimum Gasteiger partial charge on any atom is -0.357 e. The molecule has 136 valence electrons. The minimum absolute atomic E-state index is 0.135. The molecule has 0 bridgehead atoms. The number of likely N-dealkylation sites (tertiary alicyclic amines) is 1. The third kappa shape index (κ3) is 3.59. The molecule has 1 aromatic heterocycles. The van der Waals surface area contributed by atoms with E-state index in [2.05, 4.69) is 17.0 Å². The zero-order valence-corrected chi connectivity index (χ0v) is 15.3. The van der Waals surface area contributed by atoms with Crippen LogP contribution in [0.2, 0.25) is 0 Å². The maximum absolute atomic E-state index is 13.0. The van der Waals surface area contributed by atoms with Crippen molar-refractivity contribution in [3.63, 3.8) is 0 Å². The van der Waals surface area contributed by atoms with Crippen molar-refractivity contribution in [1.82, 2.24) is 9.88 Å². The van der Waals surface area contributed by atoms with Crippen LogP contribution in [0.5, 0.6) is 0 Å². The Bertz CT molecular complexity index is 723. The van der Waals surface area contributed by atoms with Crippen molar-refractivity contribution >= 4 is 11.7 Å². The molecule has 0 radical (unpaired) electrons. The molecule has 0 unspecified atom stereocenters. The van der Waals surface area contributed by atoms with Gasteiger partial charge in [-0.15, -0.1) is 0 Å². The number of piperidine rings is 2. The second-order valence-corrected chi connectivity index (χ2v) is 7.37. The molecule has 2 saturated heterocycles. The fourth-order valence-electron chi connectivity index (χ4n) is 4.17. The average molecular weight is 349 g/mol. The molecular weight excluding hydrogens is 322 g/mol. The number of hydrogen-bond acceptors (Lipinski definition) is 3. The summed E-state index contributed by atoms with van der Waals surface area (Å²) in [6.07, 6.45) is 9.09. The number of carbonyl (C=O) groups excluding carboxylic acids is 1. The molecule has 4 heteroatoms. The largest absolute Gasteiger partial charge is 0.357 e. The summed E-state index contributed by atoms with van der Waals surface area (Å²) in [7, 11) is 0. The lowest BCUT2D eigenvalue weighted by atomic mass is 9.95. The molecule has 26 heavy (non-hydrogen) atoms. The quantitative estimate of drug-likeness (QED) is 0.822. The number of carbonyl (C=O) groups is 1. The lowest BCUT2D eigenvalue weighted by Crippen LogP contribution is -2.38. The van der Waals surface area contributed by atoms with E-state index in [4.69, 9.17) is 4.98 Å². The SMILES string of the molecule is O=C(c1ccccc1)N1CCCC[C@@H]1c1ccc(N2CCCCC2)nc1. The Labute approximate surface area is 155 Å². The number of benzene rings is 1. The maximum Gasteiger partial charge on any atom is 0.254 e. The summed E-state index contributed by atoms with van der Waals surface area (Å²) in [5.74, 6) is 1.21. The van der Waals surface area contributed by atoms with E-state index in [0.29, 0.717) is 0 Å². The first-order valence-corrected chi connectivity index (χ1v) is 9.90. The van der Waals surface area contributed by atoms with E-state index in [0.717, 1.165) is 55.8 Å². The van der Waals surface area contributed by atoms with Crippen molar-refractivity contribution in [3.05, 3.63) is 59.8 Å². The standard InChI is InChI=1S/C22H27N3O/c26-22(18-9-3-1-4-10-18)25-16-8-5-11-20(25)19-12-13-21(23-17-19)24-14-6-2-7-15-24/h1,3-4,9-10,12-13,17,20H,2,5-8,11,14-16H2/t20-/m1/s1. The van der Waals surface area contributed by atoms with Gasteiger partial charge >= 0.3 is 0 Å². The van der Waals surface area contributed by atoms with Crippen LogP contribution in [0.25, 0.3) is 0 Å². The third-order valence-corrected chi connectivity index (χ3v) is 5.62. The van der Waals surface area contributed by atoms with Crippen LogP contribution in [0.3, 0.4) is 0 Å². The van der Waals surface area contributed by atoms with Crippen molar-refractivity contribution in [1.29, 1.82) is 0 Å². The summed E-state index contributed by atoms with van der Waals surface area (Å²) < 4.78 is 0. The van der Waals surface area contributed by atoms with Gasteiger partial charge < -0.3 is 9.80 Å². The van der Waals surface area contributed by atoms with E-state index in [1.54, 1.807) is 0 Å².